The van der Waals surface area contributed by atoms with Gasteiger partial charge in [0.15, 0.2) is 0 Å². The maximum absolute atomic E-state index is 13.0. The highest BCUT2D eigenvalue weighted by Crippen LogP contribution is 2.27. The Morgan fingerprint density at radius 2 is 1.44 bits per heavy atom. The van der Waals surface area contributed by atoms with Gasteiger partial charge in [0.05, 0.1) is 10.6 Å². The van der Waals surface area contributed by atoms with Crippen LogP contribution in [0.5, 0.6) is 0 Å². The van der Waals surface area contributed by atoms with Crippen molar-refractivity contribution in [3.8, 4) is 0 Å². The predicted octanol–water partition coefficient (Wildman–Crippen LogP) is 3.14. The molecule has 10 heteroatoms. The van der Waals surface area contributed by atoms with Crippen molar-refractivity contribution in [2.75, 3.05) is 26.5 Å². The van der Waals surface area contributed by atoms with Crippen LogP contribution in [0.4, 0.5) is 5.69 Å². The third-order valence-corrected chi connectivity index (χ3v) is 9.57. The van der Waals surface area contributed by atoms with Gasteiger partial charge in [-0.2, -0.15) is 4.31 Å². The third-order valence-electron chi connectivity index (χ3n) is 5.78. The van der Waals surface area contributed by atoms with E-state index < -0.39 is 26.0 Å². The Morgan fingerprint density at radius 3 is 2.03 bits per heavy atom. The maximum atomic E-state index is 13.0. The lowest BCUT2D eigenvalue weighted by molar-refractivity contribution is 0.102. The van der Waals surface area contributed by atoms with Crippen molar-refractivity contribution < 1.29 is 21.6 Å². The van der Waals surface area contributed by atoms with Gasteiger partial charge in [0.2, 0.25) is 20.0 Å². The number of hydrogen-bond acceptors (Lipinski definition) is 5. The molecule has 3 rings (SSSR count). The van der Waals surface area contributed by atoms with E-state index in [9.17, 15) is 21.6 Å². The fourth-order valence-electron chi connectivity index (χ4n) is 3.77. The van der Waals surface area contributed by atoms with Crippen LogP contribution in [0.2, 0.25) is 0 Å². The molecule has 0 aromatic heterocycles. The third kappa shape index (κ3) is 5.03. The van der Waals surface area contributed by atoms with Crippen molar-refractivity contribution in [2.24, 2.45) is 0 Å². The molecule has 0 spiro atoms. The number of rotatable bonds is 7. The van der Waals surface area contributed by atoms with E-state index in [-0.39, 0.29) is 27.1 Å². The van der Waals surface area contributed by atoms with E-state index in [0.717, 1.165) is 36.4 Å². The van der Waals surface area contributed by atoms with Crippen LogP contribution in [-0.4, -0.2) is 58.5 Å². The molecule has 1 aliphatic rings. The highest BCUT2D eigenvalue weighted by Gasteiger charge is 2.29. The lowest BCUT2D eigenvalue weighted by Crippen LogP contribution is -2.38. The minimum atomic E-state index is -3.75. The summed E-state index contributed by atoms with van der Waals surface area (Å²) >= 11 is 0. The molecule has 8 nitrogen and oxygen atoms in total. The minimum Gasteiger partial charge on any atom is -0.321 e. The van der Waals surface area contributed by atoms with Crippen molar-refractivity contribution in [1.82, 2.24) is 8.61 Å². The molecule has 1 fully saturated rings. The second kappa shape index (κ2) is 9.70. The van der Waals surface area contributed by atoms with E-state index in [1.807, 2.05) is 0 Å². The van der Waals surface area contributed by atoms with Crippen molar-refractivity contribution in [1.29, 1.82) is 0 Å². The number of benzene rings is 2. The Hall–Kier alpha value is -2.27. The molecule has 32 heavy (non-hydrogen) atoms. The van der Waals surface area contributed by atoms with Gasteiger partial charge in [0.1, 0.15) is 4.90 Å². The molecule has 0 heterocycles. The summed E-state index contributed by atoms with van der Waals surface area (Å²) in [6, 6.07) is 11.8. The van der Waals surface area contributed by atoms with E-state index in [1.165, 1.54) is 54.8 Å². The molecule has 0 aliphatic heterocycles. The molecule has 2 aromatic carbocycles. The first-order valence-electron chi connectivity index (χ1n) is 10.5. The fraction of sp³-hybridized carbons (Fsp3) is 0.409. The van der Waals surface area contributed by atoms with Crippen LogP contribution in [0.25, 0.3) is 0 Å². The first kappa shape index (κ1) is 24.4. The van der Waals surface area contributed by atoms with Gasteiger partial charge in [-0.15, -0.1) is 0 Å². The van der Waals surface area contributed by atoms with Crippen LogP contribution in [0.1, 0.15) is 42.5 Å². The molecule has 0 radical (unpaired) electrons. The maximum Gasteiger partial charge on any atom is 0.255 e. The topological polar surface area (TPSA) is 104 Å². The number of anilines is 1. The van der Waals surface area contributed by atoms with E-state index in [2.05, 4.69) is 5.32 Å². The van der Waals surface area contributed by atoms with Crippen molar-refractivity contribution in [3.63, 3.8) is 0 Å². The highest BCUT2D eigenvalue weighted by atomic mass is 32.2. The smallest absolute Gasteiger partial charge is 0.255 e. The molecule has 174 valence electrons. The van der Waals surface area contributed by atoms with Gasteiger partial charge in [-0.3, -0.25) is 4.79 Å². The second-order valence-electron chi connectivity index (χ2n) is 8.08. The number of carbonyl (C=O) groups excluding carboxylic acids is 1. The normalized spacial score (nSPS) is 15.8. The highest BCUT2D eigenvalue weighted by molar-refractivity contribution is 7.89. The fourth-order valence-corrected chi connectivity index (χ4v) is 6.23. The lowest BCUT2D eigenvalue weighted by atomic mass is 9.96. The molecular weight excluding hydrogens is 450 g/mol. The van der Waals surface area contributed by atoms with Crippen molar-refractivity contribution >= 4 is 31.6 Å². The molecule has 0 atom stereocenters. The predicted molar refractivity (Wildman–Crippen MR) is 124 cm³/mol. The number of para-hydroxylation sites is 1. The zero-order valence-corrected chi connectivity index (χ0v) is 20.1. The van der Waals surface area contributed by atoms with E-state index in [0.29, 0.717) is 0 Å². The average molecular weight is 480 g/mol. The monoisotopic (exact) mass is 479 g/mol. The quantitative estimate of drug-likeness (QED) is 0.657. The number of carbonyl (C=O) groups is 1. The van der Waals surface area contributed by atoms with E-state index >= 15 is 0 Å². The van der Waals surface area contributed by atoms with Crippen molar-refractivity contribution in [3.05, 3.63) is 54.1 Å². The number of amides is 1. The van der Waals surface area contributed by atoms with Gasteiger partial charge in [-0.1, -0.05) is 31.4 Å². The van der Waals surface area contributed by atoms with Crippen LogP contribution in [0.3, 0.4) is 0 Å². The van der Waals surface area contributed by atoms with Crippen molar-refractivity contribution in [2.45, 2.75) is 47.9 Å². The van der Waals surface area contributed by atoms with E-state index in [4.69, 9.17) is 0 Å². The lowest BCUT2D eigenvalue weighted by Gasteiger charge is -2.30. The Balaban J connectivity index is 1.79. The average Bonchev–Trinajstić information content (AvgIpc) is 2.79. The summed E-state index contributed by atoms with van der Waals surface area (Å²) in [7, 11) is -2.97. The van der Waals surface area contributed by atoms with Crippen LogP contribution >= 0.6 is 0 Å². The molecule has 1 aliphatic carbocycles. The Labute approximate surface area is 190 Å². The molecule has 1 N–H and O–H groups in total. The summed E-state index contributed by atoms with van der Waals surface area (Å²) in [5.74, 6) is -0.531. The summed E-state index contributed by atoms with van der Waals surface area (Å²) in [5, 5.41) is 2.62. The molecular formula is C22H29N3O5S2. The number of nitrogens with zero attached hydrogens (tertiary/aromatic N) is 2. The zero-order valence-electron chi connectivity index (χ0n) is 18.5. The van der Waals surface area contributed by atoms with Crippen LogP contribution in [0.15, 0.2) is 58.3 Å². The number of sulfonamides is 2. The SMILES string of the molecule is CN(C)S(=O)(=O)c1ccccc1NC(=O)c1ccc(S(=O)(=O)N(C)C2CCCCC2)cc1. The van der Waals surface area contributed by atoms with Gasteiger partial charge in [0, 0.05) is 32.7 Å². The summed E-state index contributed by atoms with van der Waals surface area (Å²) in [6.07, 6.45) is 4.88. The van der Waals surface area contributed by atoms with Crippen LogP contribution in [0, 0.1) is 0 Å². The Bertz CT molecular complexity index is 1170. The molecule has 2 aromatic rings. The van der Waals surface area contributed by atoms with Crippen LogP contribution in [-0.2, 0) is 20.0 Å². The van der Waals surface area contributed by atoms with Gasteiger partial charge in [0.25, 0.3) is 5.91 Å². The van der Waals surface area contributed by atoms with Gasteiger partial charge < -0.3 is 5.32 Å². The molecule has 1 saturated carbocycles. The molecule has 0 unspecified atom stereocenters. The van der Waals surface area contributed by atoms with Gasteiger partial charge >= 0.3 is 0 Å². The standard InChI is InChI=1S/C22H29N3O5S2/c1-24(2)32(29,30)21-12-8-7-11-20(21)23-22(26)17-13-15-19(16-14-17)31(27,28)25(3)18-9-5-4-6-10-18/h7-8,11-16,18H,4-6,9-10H2,1-3H3,(H,23,26). The Morgan fingerprint density at radius 1 is 0.844 bits per heavy atom. The number of hydrogen-bond donors (Lipinski definition) is 1. The van der Waals surface area contributed by atoms with Crippen LogP contribution < -0.4 is 5.32 Å². The zero-order chi connectivity index (χ0) is 23.5. The molecule has 0 bridgehead atoms. The number of nitrogens with one attached hydrogen (secondary N) is 1. The first-order valence-corrected chi connectivity index (χ1v) is 13.3. The van der Waals surface area contributed by atoms with Gasteiger partial charge in [-0.05, 0) is 49.2 Å². The van der Waals surface area contributed by atoms with E-state index in [1.54, 1.807) is 19.2 Å². The Kier molecular flexibility index (Phi) is 7.39. The summed E-state index contributed by atoms with van der Waals surface area (Å²) in [5.41, 5.74) is 0.376. The van der Waals surface area contributed by atoms with Gasteiger partial charge in [-0.25, -0.2) is 21.1 Å². The largest absolute Gasteiger partial charge is 0.321 e. The minimum absolute atomic E-state index is 0.00753. The molecule has 1 amide bonds. The summed E-state index contributed by atoms with van der Waals surface area (Å²) in [6.45, 7) is 0. The summed E-state index contributed by atoms with van der Waals surface area (Å²) in [4.78, 5) is 12.8. The molecule has 0 saturated heterocycles. The summed E-state index contributed by atoms with van der Waals surface area (Å²) < 4.78 is 53.5. The first-order chi connectivity index (χ1) is 15.0. The second-order valence-corrected chi connectivity index (χ2v) is 12.2.